The minimum atomic E-state index is -1.80. The van der Waals surface area contributed by atoms with Gasteiger partial charge in [-0.25, -0.2) is 4.79 Å². The molecule has 2 fully saturated rings. The van der Waals surface area contributed by atoms with Crippen molar-refractivity contribution in [3.63, 3.8) is 0 Å². The fraction of sp³-hybridized carbons (Fsp3) is 0.682. The lowest BCUT2D eigenvalue weighted by molar-refractivity contribution is -0.373. The summed E-state index contributed by atoms with van der Waals surface area (Å²) in [6, 6.07) is 0. The van der Waals surface area contributed by atoms with Gasteiger partial charge in [-0.1, -0.05) is 6.08 Å². The van der Waals surface area contributed by atoms with Gasteiger partial charge in [-0.2, -0.15) is 0 Å². The highest BCUT2D eigenvalue weighted by molar-refractivity contribution is 5.94. The molecule has 0 spiro atoms. The van der Waals surface area contributed by atoms with Crippen LogP contribution in [0, 0.1) is 5.92 Å². The van der Waals surface area contributed by atoms with E-state index in [1.807, 2.05) is 0 Å². The molecule has 0 bridgehead atoms. The summed E-state index contributed by atoms with van der Waals surface area (Å²) in [6.07, 6.45) is -12.8. The summed E-state index contributed by atoms with van der Waals surface area (Å²) in [4.78, 5) is 12.0. The predicted molar refractivity (Wildman–Crippen MR) is 113 cm³/mol. The number of esters is 1. The number of carbonyl (C=O) groups excluding carboxylic acids is 1. The Labute approximate surface area is 205 Å². The summed E-state index contributed by atoms with van der Waals surface area (Å²) in [7, 11) is 0. The largest absolute Gasteiger partial charge is 0.471 e. The minimum Gasteiger partial charge on any atom is -0.471 e. The average molecular weight is 518 g/mol. The molecular weight excluding hydrogens is 488 g/mol. The molecule has 4 rings (SSSR count). The van der Waals surface area contributed by atoms with Crippen LogP contribution < -0.4 is 0 Å². The summed E-state index contributed by atoms with van der Waals surface area (Å²) in [6.45, 7) is 2.36. The molecule has 14 nitrogen and oxygen atoms in total. The highest BCUT2D eigenvalue weighted by Crippen LogP contribution is 2.36. The third-order valence-corrected chi connectivity index (χ3v) is 6.50. The van der Waals surface area contributed by atoms with Crippen molar-refractivity contribution in [3.05, 3.63) is 36.1 Å². The van der Waals surface area contributed by atoms with E-state index in [-0.39, 0.29) is 12.2 Å². The van der Waals surface area contributed by atoms with Gasteiger partial charge in [0.15, 0.2) is 12.6 Å². The van der Waals surface area contributed by atoms with Gasteiger partial charge < -0.3 is 64.2 Å². The van der Waals surface area contributed by atoms with Crippen molar-refractivity contribution in [3.8, 4) is 0 Å². The van der Waals surface area contributed by atoms with Gasteiger partial charge in [0.1, 0.15) is 61.7 Å². The number of cyclic esters (lactones) is 1. The fourth-order valence-electron chi connectivity index (χ4n) is 4.46. The summed E-state index contributed by atoms with van der Waals surface area (Å²) in [5.41, 5.74) is 0.722. The molecule has 202 valence electrons. The van der Waals surface area contributed by atoms with Crippen molar-refractivity contribution in [2.75, 3.05) is 19.8 Å². The normalized spacial score (nSPS) is 45.0. The first-order valence-electron chi connectivity index (χ1n) is 11.3. The van der Waals surface area contributed by atoms with Crippen molar-refractivity contribution in [2.45, 2.75) is 67.7 Å². The highest BCUT2D eigenvalue weighted by Gasteiger charge is 2.52. The Morgan fingerprint density at radius 1 is 0.889 bits per heavy atom. The summed E-state index contributed by atoms with van der Waals surface area (Å²) in [5.74, 6) is -1.25. The molecule has 14 heteroatoms. The lowest BCUT2D eigenvalue weighted by Gasteiger charge is -2.46. The van der Waals surface area contributed by atoms with Gasteiger partial charge in [-0.15, -0.1) is 6.58 Å². The second kappa shape index (κ2) is 11.2. The molecule has 4 heterocycles. The van der Waals surface area contributed by atoms with Gasteiger partial charge in [0.2, 0.25) is 6.29 Å². The van der Waals surface area contributed by atoms with Crippen LogP contribution in [-0.2, 0) is 33.2 Å². The van der Waals surface area contributed by atoms with Gasteiger partial charge in [-0.3, -0.25) is 0 Å². The van der Waals surface area contributed by atoms with Crippen LogP contribution in [0.3, 0.4) is 0 Å². The number of ether oxygens (including phenoxy) is 6. The van der Waals surface area contributed by atoms with Gasteiger partial charge in [0, 0.05) is 0 Å². The molecule has 4 aliphatic rings. The maximum absolute atomic E-state index is 12.0. The zero-order valence-electron chi connectivity index (χ0n) is 19.0. The van der Waals surface area contributed by atoms with Crippen LogP contribution in [0.25, 0.3) is 0 Å². The third kappa shape index (κ3) is 4.94. The van der Waals surface area contributed by atoms with Gasteiger partial charge in [0.25, 0.3) is 0 Å². The smallest absolute Gasteiger partial charge is 0.341 e. The van der Waals surface area contributed by atoms with Crippen LogP contribution in [0.15, 0.2) is 36.1 Å². The predicted octanol–water partition coefficient (Wildman–Crippen LogP) is -3.85. The summed E-state index contributed by atoms with van der Waals surface area (Å²) < 4.78 is 32.6. The number of aliphatic hydroxyl groups excluding tert-OH is 7. The third-order valence-electron chi connectivity index (χ3n) is 6.50. The van der Waals surface area contributed by atoms with E-state index in [0.29, 0.717) is 5.57 Å². The Morgan fingerprint density at radius 3 is 2.17 bits per heavy atom. The van der Waals surface area contributed by atoms with Crippen molar-refractivity contribution >= 4 is 5.97 Å². The second-order valence-corrected chi connectivity index (χ2v) is 8.70. The summed E-state index contributed by atoms with van der Waals surface area (Å²) in [5, 5.41) is 70.9. The number of aliphatic hydroxyl groups is 7. The van der Waals surface area contributed by atoms with Crippen molar-refractivity contribution in [2.24, 2.45) is 5.92 Å². The molecule has 0 aromatic carbocycles. The number of hydrogen-bond donors (Lipinski definition) is 7. The lowest BCUT2D eigenvalue weighted by Crippen LogP contribution is -2.65. The van der Waals surface area contributed by atoms with Crippen LogP contribution in [0.2, 0.25) is 0 Å². The zero-order chi connectivity index (χ0) is 26.1. The van der Waals surface area contributed by atoms with E-state index < -0.39 is 92.8 Å². The van der Waals surface area contributed by atoms with Crippen LogP contribution in [0.1, 0.15) is 0 Å². The van der Waals surface area contributed by atoms with Crippen LogP contribution >= 0.6 is 0 Å². The Balaban J connectivity index is 1.52. The highest BCUT2D eigenvalue weighted by atomic mass is 16.8. The van der Waals surface area contributed by atoms with Crippen molar-refractivity contribution < 1.29 is 69.0 Å². The molecule has 0 aromatic rings. The minimum absolute atomic E-state index is 0.0406. The van der Waals surface area contributed by atoms with E-state index >= 15 is 0 Å². The molecule has 0 aromatic heterocycles. The molecule has 12 atom stereocenters. The monoisotopic (exact) mass is 518 g/mol. The number of fused-ring (bicyclic) bond motifs is 1. The molecule has 0 aliphatic carbocycles. The number of rotatable bonds is 7. The van der Waals surface area contributed by atoms with Crippen LogP contribution in [0.5, 0.6) is 0 Å². The molecule has 0 radical (unpaired) electrons. The molecule has 0 saturated carbocycles. The number of hydrogen-bond acceptors (Lipinski definition) is 14. The van der Waals surface area contributed by atoms with Crippen LogP contribution in [-0.4, -0.2) is 129 Å². The van der Waals surface area contributed by atoms with Crippen LogP contribution in [0.4, 0.5) is 0 Å². The topological polar surface area (TPSA) is 214 Å². The van der Waals surface area contributed by atoms with E-state index in [9.17, 15) is 40.5 Å². The Kier molecular flexibility index (Phi) is 8.43. The standard InChI is InChI=1S/C22H30O14/c1-2-8-9-3-4-31-19(30)10(9)7-32-20(8)36-22-17(29)18(14(26)12(6-24)34-22)35-21-16(28)15(27)13(25)11(5-23)33-21/h2-3,7-8,11-18,20-29H,1,4-6H2. The van der Waals surface area contributed by atoms with E-state index in [1.54, 1.807) is 6.08 Å². The first kappa shape index (κ1) is 27.1. The molecule has 0 amide bonds. The quantitative estimate of drug-likeness (QED) is 0.127. The lowest BCUT2D eigenvalue weighted by atomic mass is 9.89. The molecule has 7 N–H and O–H groups in total. The molecular formula is C22H30O14. The molecule has 2 saturated heterocycles. The van der Waals surface area contributed by atoms with E-state index in [1.165, 1.54) is 6.08 Å². The Bertz CT molecular complexity index is 873. The summed E-state index contributed by atoms with van der Waals surface area (Å²) >= 11 is 0. The van der Waals surface area contributed by atoms with Gasteiger partial charge in [0.05, 0.1) is 24.7 Å². The maximum Gasteiger partial charge on any atom is 0.341 e. The first-order valence-corrected chi connectivity index (χ1v) is 11.3. The average Bonchev–Trinajstić information content (AvgIpc) is 2.88. The SMILES string of the molecule is C=CC1C2=CCOC(=O)C2=COC1OC1OC(CO)C(O)C(OC2OC(CO)C(O)C(O)C2O)C1O. The Hall–Kier alpha value is -1.95. The first-order chi connectivity index (χ1) is 17.2. The van der Waals surface area contributed by atoms with Gasteiger partial charge >= 0.3 is 5.97 Å². The second-order valence-electron chi connectivity index (χ2n) is 8.70. The Morgan fingerprint density at radius 2 is 1.53 bits per heavy atom. The van der Waals surface area contributed by atoms with Crippen molar-refractivity contribution in [1.29, 1.82) is 0 Å². The van der Waals surface area contributed by atoms with Gasteiger partial charge in [-0.05, 0) is 11.6 Å². The molecule has 36 heavy (non-hydrogen) atoms. The van der Waals surface area contributed by atoms with E-state index in [2.05, 4.69) is 6.58 Å². The molecule has 4 aliphatic heterocycles. The van der Waals surface area contributed by atoms with E-state index in [4.69, 9.17) is 28.4 Å². The maximum atomic E-state index is 12.0. The van der Waals surface area contributed by atoms with Crippen molar-refractivity contribution in [1.82, 2.24) is 0 Å². The van der Waals surface area contributed by atoms with E-state index in [0.717, 1.165) is 6.26 Å². The zero-order valence-corrected chi connectivity index (χ0v) is 19.0. The fourth-order valence-corrected chi connectivity index (χ4v) is 4.46. The number of carbonyl (C=O) groups is 1. The molecule has 12 unspecified atom stereocenters.